The lowest BCUT2D eigenvalue weighted by Gasteiger charge is -2.11. The van der Waals surface area contributed by atoms with Gasteiger partial charge in [0, 0.05) is 18.0 Å². The SMILES string of the molecule is CNS(=O)(=O)c1ccc(-c2nccnc2Oc2ccc(C(F)(F)F)cc2)cc1. The summed E-state index contributed by atoms with van der Waals surface area (Å²) in [5, 5.41) is 0. The van der Waals surface area contributed by atoms with Crippen molar-refractivity contribution in [2.24, 2.45) is 0 Å². The topological polar surface area (TPSA) is 81.2 Å². The van der Waals surface area contributed by atoms with Gasteiger partial charge in [0.2, 0.25) is 15.9 Å². The molecule has 0 saturated heterocycles. The number of sulfonamides is 1. The summed E-state index contributed by atoms with van der Waals surface area (Å²) in [6.45, 7) is 0. The number of hydrogen-bond donors (Lipinski definition) is 1. The molecular formula is C18H14F3N3O3S. The molecule has 6 nitrogen and oxygen atoms in total. The molecular weight excluding hydrogens is 395 g/mol. The summed E-state index contributed by atoms with van der Waals surface area (Å²) >= 11 is 0. The molecule has 0 saturated carbocycles. The van der Waals surface area contributed by atoms with Crippen LogP contribution in [0.3, 0.4) is 0 Å². The number of aromatic nitrogens is 2. The van der Waals surface area contributed by atoms with Gasteiger partial charge in [-0.05, 0) is 43.4 Å². The summed E-state index contributed by atoms with van der Waals surface area (Å²) < 4.78 is 69.4. The maximum atomic E-state index is 12.7. The first-order valence-corrected chi connectivity index (χ1v) is 9.39. The van der Waals surface area contributed by atoms with Gasteiger partial charge >= 0.3 is 6.18 Å². The lowest BCUT2D eigenvalue weighted by molar-refractivity contribution is -0.137. The molecule has 0 bridgehead atoms. The van der Waals surface area contributed by atoms with Gasteiger partial charge in [-0.1, -0.05) is 12.1 Å². The minimum Gasteiger partial charge on any atom is -0.437 e. The molecule has 1 aromatic heterocycles. The van der Waals surface area contributed by atoms with E-state index in [1.54, 1.807) is 0 Å². The molecule has 0 fully saturated rings. The van der Waals surface area contributed by atoms with Gasteiger partial charge in [0.15, 0.2) is 0 Å². The Morgan fingerprint density at radius 2 is 1.54 bits per heavy atom. The highest BCUT2D eigenvalue weighted by Gasteiger charge is 2.30. The van der Waals surface area contributed by atoms with E-state index in [0.29, 0.717) is 11.3 Å². The second kappa shape index (κ2) is 7.56. The van der Waals surface area contributed by atoms with Crippen LogP contribution in [0.25, 0.3) is 11.3 Å². The fourth-order valence-electron chi connectivity index (χ4n) is 2.33. The van der Waals surface area contributed by atoms with Crippen LogP contribution in [0.15, 0.2) is 65.8 Å². The third-order valence-electron chi connectivity index (χ3n) is 3.77. The van der Waals surface area contributed by atoms with Gasteiger partial charge in [0.1, 0.15) is 11.4 Å². The number of rotatable bonds is 5. The molecule has 3 rings (SSSR count). The van der Waals surface area contributed by atoms with Crippen LogP contribution < -0.4 is 9.46 Å². The fourth-order valence-corrected chi connectivity index (χ4v) is 3.06. The molecule has 0 unspecified atom stereocenters. The van der Waals surface area contributed by atoms with Gasteiger partial charge < -0.3 is 4.74 Å². The van der Waals surface area contributed by atoms with Crippen molar-refractivity contribution in [2.75, 3.05) is 7.05 Å². The minimum atomic E-state index is -4.44. The zero-order valence-corrected chi connectivity index (χ0v) is 15.3. The van der Waals surface area contributed by atoms with E-state index in [-0.39, 0.29) is 16.5 Å². The van der Waals surface area contributed by atoms with E-state index in [0.717, 1.165) is 12.1 Å². The molecule has 0 aliphatic carbocycles. The summed E-state index contributed by atoms with van der Waals surface area (Å²) in [5.41, 5.74) is 0.0569. The monoisotopic (exact) mass is 409 g/mol. The summed E-state index contributed by atoms with van der Waals surface area (Å²) in [4.78, 5) is 8.33. The molecule has 0 aliphatic heterocycles. The number of ether oxygens (including phenoxy) is 1. The van der Waals surface area contributed by atoms with Gasteiger partial charge in [-0.15, -0.1) is 0 Å². The van der Waals surface area contributed by atoms with Crippen molar-refractivity contribution in [1.29, 1.82) is 0 Å². The largest absolute Gasteiger partial charge is 0.437 e. The molecule has 28 heavy (non-hydrogen) atoms. The number of hydrogen-bond acceptors (Lipinski definition) is 5. The van der Waals surface area contributed by atoms with Crippen molar-refractivity contribution in [1.82, 2.24) is 14.7 Å². The maximum absolute atomic E-state index is 12.7. The van der Waals surface area contributed by atoms with E-state index >= 15 is 0 Å². The van der Waals surface area contributed by atoms with Crippen molar-refractivity contribution < 1.29 is 26.3 Å². The standard InChI is InChI=1S/C18H14F3N3O3S/c1-22-28(25,26)15-8-2-12(3-9-15)16-17(24-11-10-23-16)27-14-6-4-13(5-7-14)18(19,20)21/h2-11,22H,1H3. The Bertz CT molecular complexity index is 1070. The highest BCUT2D eigenvalue weighted by atomic mass is 32.2. The predicted octanol–water partition coefficient (Wildman–Crippen LogP) is 3.86. The minimum absolute atomic E-state index is 0.0754. The molecule has 146 valence electrons. The van der Waals surface area contributed by atoms with Crippen molar-refractivity contribution in [3.05, 3.63) is 66.5 Å². The van der Waals surface area contributed by atoms with Crippen LogP contribution in [0.4, 0.5) is 13.2 Å². The van der Waals surface area contributed by atoms with Crippen LogP contribution >= 0.6 is 0 Å². The van der Waals surface area contributed by atoms with Crippen molar-refractivity contribution in [3.8, 4) is 22.9 Å². The third kappa shape index (κ3) is 4.29. The van der Waals surface area contributed by atoms with Crippen molar-refractivity contribution in [3.63, 3.8) is 0 Å². The van der Waals surface area contributed by atoms with Crippen LogP contribution in [-0.4, -0.2) is 25.4 Å². The zero-order chi connectivity index (χ0) is 20.4. The molecule has 10 heteroatoms. The quantitative estimate of drug-likeness (QED) is 0.692. The first-order chi connectivity index (χ1) is 13.2. The average Bonchev–Trinajstić information content (AvgIpc) is 2.68. The van der Waals surface area contributed by atoms with Gasteiger partial charge in [0.25, 0.3) is 0 Å². The third-order valence-corrected chi connectivity index (χ3v) is 5.20. The number of nitrogens with one attached hydrogen (secondary N) is 1. The molecule has 1 N–H and O–H groups in total. The Labute approximate surface area is 159 Å². The maximum Gasteiger partial charge on any atom is 0.416 e. The van der Waals surface area contributed by atoms with Crippen LogP contribution in [0.1, 0.15) is 5.56 Å². The Morgan fingerprint density at radius 1 is 0.929 bits per heavy atom. The van der Waals surface area contributed by atoms with E-state index in [9.17, 15) is 21.6 Å². The fraction of sp³-hybridized carbons (Fsp3) is 0.111. The highest BCUT2D eigenvalue weighted by Crippen LogP contribution is 2.33. The second-order valence-corrected chi connectivity index (χ2v) is 7.45. The van der Waals surface area contributed by atoms with E-state index in [2.05, 4.69) is 14.7 Å². The Hall–Kier alpha value is -2.98. The molecule has 1 heterocycles. The van der Waals surface area contributed by atoms with Gasteiger partial charge in [-0.2, -0.15) is 13.2 Å². The normalized spacial score (nSPS) is 12.0. The van der Waals surface area contributed by atoms with Crippen LogP contribution in [0.5, 0.6) is 11.6 Å². The Morgan fingerprint density at radius 3 is 2.11 bits per heavy atom. The average molecular weight is 409 g/mol. The second-order valence-electron chi connectivity index (χ2n) is 5.57. The van der Waals surface area contributed by atoms with Crippen molar-refractivity contribution in [2.45, 2.75) is 11.1 Å². The number of nitrogens with zero attached hydrogens (tertiary/aromatic N) is 2. The van der Waals surface area contributed by atoms with Crippen LogP contribution in [-0.2, 0) is 16.2 Å². The zero-order valence-electron chi connectivity index (χ0n) is 14.4. The first-order valence-electron chi connectivity index (χ1n) is 7.91. The molecule has 3 aromatic rings. The van der Waals surface area contributed by atoms with Crippen LogP contribution in [0.2, 0.25) is 0 Å². The lowest BCUT2D eigenvalue weighted by Crippen LogP contribution is -2.18. The van der Waals surface area contributed by atoms with E-state index in [4.69, 9.17) is 4.74 Å². The predicted molar refractivity (Wildman–Crippen MR) is 95.2 cm³/mol. The highest BCUT2D eigenvalue weighted by molar-refractivity contribution is 7.89. The first kappa shape index (κ1) is 19.8. The molecule has 0 aliphatic rings. The van der Waals surface area contributed by atoms with Gasteiger partial charge in [-0.3, -0.25) is 0 Å². The van der Waals surface area contributed by atoms with Gasteiger partial charge in [0.05, 0.1) is 10.5 Å². The smallest absolute Gasteiger partial charge is 0.416 e. The van der Waals surface area contributed by atoms with Gasteiger partial charge in [-0.25, -0.2) is 23.1 Å². The van der Waals surface area contributed by atoms with E-state index in [1.165, 1.54) is 55.8 Å². The molecule has 0 atom stereocenters. The Balaban J connectivity index is 1.90. The number of halogens is 3. The lowest BCUT2D eigenvalue weighted by atomic mass is 10.1. The van der Waals surface area contributed by atoms with Crippen LogP contribution in [0, 0.1) is 0 Å². The molecule has 0 spiro atoms. The van der Waals surface area contributed by atoms with E-state index < -0.39 is 21.8 Å². The Kier molecular flexibility index (Phi) is 5.34. The molecule has 0 amide bonds. The van der Waals surface area contributed by atoms with Crippen molar-refractivity contribution >= 4 is 10.0 Å². The number of benzene rings is 2. The number of alkyl halides is 3. The summed E-state index contributed by atoms with van der Waals surface area (Å²) in [6.07, 6.45) is -1.64. The summed E-state index contributed by atoms with van der Waals surface area (Å²) in [6, 6.07) is 10.1. The summed E-state index contributed by atoms with van der Waals surface area (Å²) in [5.74, 6) is 0.232. The molecule has 2 aromatic carbocycles. The summed E-state index contributed by atoms with van der Waals surface area (Å²) in [7, 11) is -2.27. The van der Waals surface area contributed by atoms with E-state index in [1.807, 2.05) is 0 Å². The molecule has 0 radical (unpaired) electrons.